The lowest BCUT2D eigenvalue weighted by molar-refractivity contribution is -0.118. The van der Waals surface area contributed by atoms with E-state index in [9.17, 15) is 24.0 Å². The van der Waals surface area contributed by atoms with E-state index in [0.29, 0.717) is 66.3 Å². The molecule has 14 heteroatoms. The Morgan fingerprint density at radius 3 is 1.27 bits per heavy atom. The van der Waals surface area contributed by atoms with Crippen LogP contribution >= 0.6 is 23.2 Å². The number of ketones is 2. The van der Waals surface area contributed by atoms with Crippen LogP contribution in [0.1, 0.15) is 43.7 Å². The lowest BCUT2D eigenvalue weighted by atomic mass is 9.89. The third kappa shape index (κ3) is 8.94. The summed E-state index contributed by atoms with van der Waals surface area (Å²) in [7, 11) is 0. The molecule has 0 spiro atoms. The molecule has 8 rings (SSSR count). The zero-order chi connectivity index (χ0) is 44.2. The second-order valence-electron chi connectivity index (χ2n) is 14.4. The van der Waals surface area contributed by atoms with Crippen LogP contribution in [0.3, 0.4) is 0 Å². The van der Waals surface area contributed by atoms with Gasteiger partial charge in [0, 0.05) is 43.8 Å². The molecule has 6 aromatic rings. The summed E-state index contributed by atoms with van der Waals surface area (Å²) in [6.45, 7) is 3.66. The Morgan fingerprint density at radius 1 is 0.460 bits per heavy atom. The molecule has 0 saturated heterocycles. The zero-order valence-corrected chi connectivity index (χ0v) is 35.1. The lowest BCUT2D eigenvalue weighted by Gasteiger charge is -2.18. The molecule has 0 unspecified atom stereocenters. The number of Topliss-reactive ketones (excluding diaryl/α,β-unsaturated/α-hetero) is 2. The molecule has 3 amide bonds. The quantitative estimate of drug-likeness (QED) is 0.0674. The number of hydrazone groups is 2. The number of nitrogens with zero attached hydrogens (tertiary/aromatic N) is 2. The Kier molecular flexibility index (Phi) is 11.9. The first-order valence-electron chi connectivity index (χ1n) is 19.5. The Morgan fingerprint density at radius 2 is 0.841 bits per heavy atom. The molecule has 6 aromatic carbocycles. The van der Waals surface area contributed by atoms with Gasteiger partial charge in [-0.1, -0.05) is 83.9 Å². The maximum Gasteiger partial charge on any atom is 0.259 e. The average Bonchev–Trinajstić information content (AvgIpc) is 3.28. The number of hydrogen-bond acceptors (Lipinski definition) is 9. The van der Waals surface area contributed by atoms with Gasteiger partial charge in [0.25, 0.3) is 17.7 Å². The van der Waals surface area contributed by atoms with Crippen LogP contribution in [0.2, 0.25) is 10.0 Å². The first kappa shape index (κ1) is 41.8. The second-order valence-corrected chi connectivity index (χ2v) is 15.2. The van der Waals surface area contributed by atoms with Gasteiger partial charge in [-0.25, -0.2) is 0 Å². The lowest BCUT2D eigenvalue weighted by Crippen LogP contribution is -2.30. The van der Waals surface area contributed by atoms with Crippen LogP contribution in [-0.2, 0) is 19.2 Å². The highest BCUT2D eigenvalue weighted by Crippen LogP contribution is 2.29. The highest BCUT2D eigenvalue weighted by atomic mass is 35.5. The molecule has 12 nitrogen and oxygen atoms in total. The Balaban J connectivity index is 0.897. The summed E-state index contributed by atoms with van der Waals surface area (Å²) >= 11 is 12.5. The van der Waals surface area contributed by atoms with Gasteiger partial charge >= 0.3 is 0 Å². The predicted octanol–water partition coefficient (Wildman–Crippen LogP) is 9.70. The van der Waals surface area contributed by atoms with Gasteiger partial charge in [-0.05, 0) is 121 Å². The molecule has 0 saturated carbocycles. The number of anilines is 5. The molecule has 5 N–H and O–H groups in total. The fourth-order valence-corrected chi connectivity index (χ4v) is 7.16. The maximum absolute atomic E-state index is 13.7. The molecule has 2 aliphatic carbocycles. The van der Waals surface area contributed by atoms with Crippen LogP contribution in [-0.4, -0.2) is 40.7 Å². The van der Waals surface area contributed by atoms with Gasteiger partial charge < -0.3 is 16.0 Å². The van der Waals surface area contributed by atoms with E-state index in [0.717, 1.165) is 11.1 Å². The third-order valence-corrected chi connectivity index (χ3v) is 11.2. The molecule has 0 bridgehead atoms. The molecule has 0 atom stereocenters. The van der Waals surface area contributed by atoms with Crippen molar-refractivity contribution < 1.29 is 24.0 Å². The van der Waals surface area contributed by atoms with Gasteiger partial charge in [0.2, 0.25) is 11.6 Å². The van der Waals surface area contributed by atoms with Crippen molar-refractivity contribution in [3.63, 3.8) is 0 Å². The number of benzene rings is 6. The van der Waals surface area contributed by atoms with Gasteiger partial charge in [-0.2, -0.15) is 10.2 Å². The fourth-order valence-electron chi connectivity index (χ4n) is 6.81. The van der Waals surface area contributed by atoms with Gasteiger partial charge in [0.1, 0.15) is 11.4 Å². The Bertz CT molecular complexity index is 3010. The van der Waals surface area contributed by atoms with Crippen molar-refractivity contribution in [1.82, 2.24) is 0 Å². The number of carbonyl (C=O) groups excluding carboxylic acids is 5. The highest BCUT2D eigenvalue weighted by molar-refractivity contribution is 6.60. The van der Waals surface area contributed by atoms with Crippen molar-refractivity contribution in [2.45, 2.75) is 13.8 Å². The van der Waals surface area contributed by atoms with Gasteiger partial charge in [0.15, 0.2) is 0 Å². The van der Waals surface area contributed by atoms with Crippen molar-refractivity contribution in [2.24, 2.45) is 10.2 Å². The number of amides is 3. The Hall–Kier alpha value is -7.93. The third-order valence-electron chi connectivity index (χ3n) is 10.4. The molecule has 0 aliphatic heterocycles. The topological polar surface area (TPSA) is 170 Å². The van der Waals surface area contributed by atoms with Crippen molar-refractivity contribution in [3.8, 4) is 0 Å². The zero-order valence-electron chi connectivity index (χ0n) is 33.5. The van der Waals surface area contributed by atoms with E-state index in [1.165, 1.54) is 24.3 Å². The van der Waals surface area contributed by atoms with Crippen LogP contribution in [0.25, 0.3) is 12.2 Å². The van der Waals surface area contributed by atoms with E-state index >= 15 is 0 Å². The molecule has 63 heavy (non-hydrogen) atoms. The monoisotopic (exact) mass is 871 g/mol. The summed E-state index contributed by atoms with van der Waals surface area (Å²) in [4.78, 5) is 67.5. The normalized spacial score (nSPS) is 14.2. The van der Waals surface area contributed by atoms with Crippen LogP contribution in [0.15, 0.2) is 155 Å². The van der Waals surface area contributed by atoms with E-state index in [1.807, 2.05) is 13.8 Å². The smallest absolute Gasteiger partial charge is 0.259 e. The van der Waals surface area contributed by atoms with E-state index in [2.05, 4.69) is 37.0 Å². The molecular formula is C49H35Cl2N7O5. The minimum absolute atomic E-state index is 0.0705. The average molecular weight is 873 g/mol. The van der Waals surface area contributed by atoms with Crippen LogP contribution < -0.4 is 26.8 Å². The summed E-state index contributed by atoms with van der Waals surface area (Å²) in [6.07, 6.45) is 3.05. The minimum Gasteiger partial charge on any atom is -0.322 e. The first-order valence-corrected chi connectivity index (χ1v) is 20.2. The number of halogens is 2. The predicted molar refractivity (Wildman–Crippen MR) is 250 cm³/mol. The summed E-state index contributed by atoms with van der Waals surface area (Å²) < 4.78 is 0. The molecule has 0 fully saturated rings. The number of fused-ring (bicyclic) bond motifs is 2. The van der Waals surface area contributed by atoms with Gasteiger partial charge in [-0.3, -0.25) is 34.8 Å². The van der Waals surface area contributed by atoms with E-state index in [4.69, 9.17) is 23.2 Å². The molecule has 0 heterocycles. The molecule has 0 radical (unpaired) electrons. The summed E-state index contributed by atoms with van der Waals surface area (Å²) in [6, 6.07) is 37.5. The number of carbonyl (C=O) groups is 5. The largest absolute Gasteiger partial charge is 0.322 e. The summed E-state index contributed by atoms with van der Waals surface area (Å²) in [5.41, 5.74) is 12.5. The second kappa shape index (κ2) is 18.0. The van der Waals surface area contributed by atoms with E-state index in [1.54, 1.807) is 121 Å². The van der Waals surface area contributed by atoms with E-state index < -0.39 is 29.3 Å². The number of hydrogen-bond donors (Lipinski definition) is 5. The summed E-state index contributed by atoms with van der Waals surface area (Å²) in [5, 5.41) is 18.2. The molecular weight excluding hydrogens is 837 g/mol. The molecule has 2 aliphatic rings. The van der Waals surface area contributed by atoms with Crippen molar-refractivity contribution in [2.75, 3.05) is 26.8 Å². The number of rotatable bonds is 10. The van der Waals surface area contributed by atoms with E-state index in [-0.39, 0.29) is 22.6 Å². The van der Waals surface area contributed by atoms with Crippen molar-refractivity contribution in [1.29, 1.82) is 0 Å². The van der Waals surface area contributed by atoms with Crippen LogP contribution in [0, 0.1) is 13.8 Å². The van der Waals surface area contributed by atoms with Gasteiger partial charge in [-0.15, -0.1) is 0 Å². The van der Waals surface area contributed by atoms with Crippen LogP contribution in [0.5, 0.6) is 0 Å². The van der Waals surface area contributed by atoms with Crippen molar-refractivity contribution >= 4 is 105 Å². The maximum atomic E-state index is 13.7. The van der Waals surface area contributed by atoms with Crippen LogP contribution in [0.4, 0.5) is 28.4 Å². The first-order chi connectivity index (χ1) is 30.4. The number of nitrogens with one attached hydrogen (secondary N) is 5. The standard InChI is InChI=1S/C49H35Cl2N7O5/c1-27-39(50)13-7-15-41(27)55-57-43-35-11-5-3-9-30(35)25-37(45(43)59)48(62)53-32-19-17-29(18-20-32)47(61)52-33-21-23-34(24-22-33)54-49(63)38-26-31-10-4-6-12-36(31)44(46(38)60)58-56-42-16-8-14-40(51)28(42)2/h3-26,55-56H,1-2H3,(H,52,61)(H,53,62)(H,54,63)/b57-43-,58-44+. The fraction of sp³-hybridized carbons (Fsp3) is 0.0408. The Labute approximate surface area is 371 Å². The molecule has 0 aromatic heterocycles. The highest BCUT2D eigenvalue weighted by Gasteiger charge is 2.32. The van der Waals surface area contributed by atoms with Gasteiger partial charge in [0.05, 0.1) is 22.5 Å². The summed E-state index contributed by atoms with van der Waals surface area (Å²) in [5.74, 6) is -2.83. The SMILES string of the molecule is Cc1c(Cl)cccc1N/N=C1\C(=O)C(C(=O)Nc2ccc(C(=O)Nc3ccc(NC(=O)C4=Cc5ccccc5/C(=N\Nc5cccc(Cl)c5C)C4=O)cc3)cc2)=Cc2ccccc21. The minimum atomic E-state index is -0.644. The molecule has 310 valence electrons. The van der Waals surface area contributed by atoms with Crippen molar-refractivity contribution in [3.05, 3.63) is 194 Å².